The average Bonchev–Trinajstić information content (AvgIpc) is 3.60. The summed E-state index contributed by atoms with van der Waals surface area (Å²) in [6.45, 7) is 11.2. The van der Waals surface area contributed by atoms with Crippen molar-refractivity contribution in [3.05, 3.63) is 106 Å². The van der Waals surface area contributed by atoms with Crippen LogP contribution in [0.1, 0.15) is 49.5 Å². The maximum Gasteiger partial charge on any atom is 0.303 e. The monoisotopic (exact) mass is 590 g/mol. The van der Waals surface area contributed by atoms with Crippen LogP contribution >= 0.6 is 11.3 Å². The number of aryl methyl sites for hydroxylation is 1. The number of thiophene rings is 1. The van der Waals surface area contributed by atoms with E-state index in [2.05, 4.69) is 58.8 Å². The Bertz CT molecular complexity index is 1820. The van der Waals surface area contributed by atoms with Crippen LogP contribution in [0.15, 0.2) is 84.6 Å². The van der Waals surface area contributed by atoms with Crippen molar-refractivity contribution in [3.63, 3.8) is 0 Å². The van der Waals surface area contributed by atoms with Crippen LogP contribution in [0.2, 0.25) is 0 Å². The highest BCUT2D eigenvalue weighted by atomic mass is 32.1. The van der Waals surface area contributed by atoms with E-state index >= 15 is 0 Å². The highest BCUT2D eigenvalue weighted by Gasteiger charge is 2.14. The molecule has 218 valence electrons. The van der Waals surface area contributed by atoms with Crippen LogP contribution in [-0.2, 0) is 22.6 Å². The van der Waals surface area contributed by atoms with Crippen molar-refractivity contribution >= 4 is 51.0 Å². The number of fused-ring (bicyclic) bond motifs is 3. The third kappa shape index (κ3) is 7.22. The smallest absolute Gasteiger partial charge is 0.303 e. The van der Waals surface area contributed by atoms with Gasteiger partial charge in [-0.3, -0.25) is 4.79 Å². The lowest BCUT2D eigenvalue weighted by Gasteiger charge is -2.06. The zero-order valence-electron chi connectivity index (χ0n) is 24.2. The number of Topliss-reactive ketones (excluding diaryl/α,β-unsaturated/α-hetero) is 1. The van der Waals surface area contributed by atoms with Crippen molar-refractivity contribution in [3.8, 4) is 16.2 Å². The number of unbranched alkanes of at least 4 members (excludes halogenated alkanes) is 3. The number of carboxylic acid groups (broad SMARTS) is 1. The maximum absolute atomic E-state index is 13.0. The number of hydrogen-bond donors (Lipinski definition) is 1. The molecule has 0 aliphatic carbocycles. The van der Waals surface area contributed by atoms with Crippen molar-refractivity contribution in [1.29, 1.82) is 0 Å². The third-order valence-electron chi connectivity index (χ3n) is 7.54. The lowest BCUT2D eigenvalue weighted by Crippen LogP contribution is -2.02. The number of carbonyl (C=O) groups is 2. The lowest BCUT2D eigenvalue weighted by molar-refractivity contribution is -0.137. The molecule has 0 saturated heterocycles. The van der Waals surface area contributed by atoms with E-state index in [-0.39, 0.29) is 24.3 Å². The molecule has 0 amide bonds. The van der Waals surface area contributed by atoms with E-state index in [4.69, 9.17) is 16.4 Å². The van der Waals surface area contributed by atoms with Gasteiger partial charge in [-0.15, -0.1) is 11.3 Å². The number of nitrogens with zero attached hydrogens (tertiary/aromatic N) is 2. The van der Waals surface area contributed by atoms with Gasteiger partial charge in [0.1, 0.15) is 0 Å². The van der Waals surface area contributed by atoms with Gasteiger partial charge in [-0.1, -0.05) is 61.4 Å². The molecule has 0 aliphatic heterocycles. The molecule has 0 fully saturated rings. The van der Waals surface area contributed by atoms with Gasteiger partial charge < -0.3 is 19.2 Å². The molecular weight excluding hydrogens is 556 g/mol. The summed E-state index contributed by atoms with van der Waals surface area (Å²) in [7, 11) is 0. The summed E-state index contributed by atoms with van der Waals surface area (Å²) < 4.78 is 8.13. The zero-order chi connectivity index (χ0) is 30.2. The second-order valence-electron chi connectivity index (χ2n) is 10.5. The number of aliphatic carboxylic acids is 1. The Labute approximate surface area is 255 Å². The van der Waals surface area contributed by atoms with Gasteiger partial charge in [-0.25, -0.2) is 4.85 Å². The van der Waals surface area contributed by atoms with Crippen molar-refractivity contribution in [2.24, 2.45) is 0 Å². The first-order chi connectivity index (χ1) is 21.0. The molecular formula is C36H34N2O4S. The van der Waals surface area contributed by atoms with Gasteiger partial charge in [0.25, 0.3) is 0 Å². The van der Waals surface area contributed by atoms with Crippen molar-refractivity contribution in [1.82, 2.24) is 4.57 Å². The number of rotatable bonds is 14. The average molecular weight is 591 g/mol. The molecule has 43 heavy (non-hydrogen) atoms. The first-order valence-electron chi connectivity index (χ1n) is 14.6. The van der Waals surface area contributed by atoms with Crippen molar-refractivity contribution in [2.75, 3.05) is 6.61 Å². The molecule has 2 aromatic heterocycles. The normalized spacial score (nSPS) is 11.6. The van der Waals surface area contributed by atoms with Gasteiger partial charge in [0.2, 0.25) is 5.70 Å². The lowest BCUT2D eigenvalue weighted by atomic mass is 10.0. The molecule has 7 heteroatoms. The minimum Gasteiger partial charge on any atom is -0.484 e. The van der Waals surface area contributed by atoms with Crippen LogP contribution in [0, 0.1) is 6.57 Å². The molecule has 0 spiro atoms. The second-order valence-corrected chi connectivity index (χ2v) is 11.6. The number of hydrogen-bond acceptors (Lipinski definition) is 4. The summed E-state index contributed by atoms with van der Waals surface area (Å²) in [5, 5.41) is 11.9. The molecule has 3 aromatic carbocycles. The van der Waals surface area contributed by atoms with Crippen LogP contribution in [0.25, 0.3) is 43.9 Å². The van der Waals surface area contributed by atoms with E-state index in [9.17, 15) is 9.59 Å². The van der Waals surface area contributed by atoms with Gasteiger partial charge in [-0.2, -0.15) is 0 Å². The van der Waals surface area contributed by atoms with Crippen LogP contribution in [-0.4, -0.2) is 28.0 Å². The summed E-state index contributed by atoms with van der Waals surface area (Å²) in [4.78, 5) is 27.9. The number of allylic oxidation sites excluding steroid dienone is 1. The molecule has 0 saturated carbocycles. The van der Waals surface area contributed by atoms with E-state index in [1.54, 1.807) is 6.08 Å². The van der Waals surface area contributed by atoms with Crippen molar-refractivity contribution in [2.45, 2.75) is 52.0 Å². The van der Waals surface area contributed by atoms with Gasteiger partial charge in [0.15, 0.2) is 10.8 Å². The van der Waals surface area contributed by atoms with E-state index in [0.717, 1.165) is 52.4 Å². The Kier molecular flexibility index (Phi) is 9.70. The number of benzene rings is 3. The molecule has 1 N–H and O–H groups in total. The summed E-state index contributed by atoms with van der Waals surface area (Å²) >= 11 is 1.42. The SMILES string of the molecule is [C-]#[N+]/C(=C\c1ccc(-c2ccc3c(c2)c2ccccc2n3CC)cc1)C(=O)Cc1ccc(OCCCCCCC(=O)O)s1. The number of carboxylic acids is 1. The molecule has 2 heterocycles. The molecule has 6 nitrogen and oxygen atoms in total. The van der Waals surface area contributed by atoms with Gasteiger partial charge in [0, 0.05) is 46.1 Å². The minimum absolute atomic E-state index is 0.110. The van der Waals surface area contributed by atoms with Gasteiger partial charge in [-0.05, 0) is 72.9 Å². The fraction of sp³-hybridized carbons (Fsp3) is 0.250. The Morgan fingerprint density at radius 3 is 2.42 bits per heavy atom. The fourth-order valence-corrected chi connectivity index (χ4v) is 6.24. The first kappa shape index (κ1) is 29.8. The van der Waals surface area contributed by atoms with Crippen LogP contribution < -0.4 is 4.74 Å². The largest absolute Gasteiger partial charge is 0.484 e. The third-order valence-corrected chi connectivity index (χ3v) is 8.54. The summed E-state index contributed by atoms with van der Waals surface area (Å²) in [5.41, 5.74) is 5.58. The van der Waals surface area contributed by atoms with Gasteiger partial charge in [0.05, 0.1) is 13.2 Å². The number of ether oxygens (including phenoxy) is 1. The number of ketones is 1. The summed E-state index contributed by atoms with van der Waals surface area (Å²) in [6.07, 6.45) is 5.35. The predicted molar refractivity (Wildman–Crippen MR) is 174 cm³/mol. The summed E-state index contributed by atoms with van der Waals surface area (Å²) in [6, 6.07) is 26.8. The highest BCUT2D eigenvalue weighted by molar-refractivity contribution is 7.13. The Hall–Kier alpha value is -4.67. The van der Waals surface area contributed by atoms with E-state index in [1.807, 2.05) is 36.4 Å². The van der Waals surface area contributed by atoms with Gasteiger partial charge >= 0.3 is 5.97 Å². The topological polar surface area (TPSA) is 72.9 Å². The molecule has 0 radical (unpaired) electrons. The molecule has 0 aliphatic rings. The van der Waals surface area contributed by atoms with E-state index < -0.39 is 5.97 Å². The minimum atomic E-state index is -0.757. The Balaban J connectivity index is 1.20. The van der Waals surface area contributed by atoms with Crippen LogP contribution in [0.4, 0.5) is 0 Å². The fourth-order valence-electron chi connectivity index (χ4n) is 5.36. The maximum atomic E-state index is 13.0. The molecule has 0 bridgehead atoms. The Morgan fingerprint density at radius 1 is 0.907 bits per heavy atom. The van der Waals surface area contributed by atoms with Crippen molar-refractivity contribution < 1.29 is 19.4 Å². The van der Waals surface area contributed by atoms with E-state index in [1.165, 1.54) is 33.1 Å². The molecule has 0 atom stereocenters. The Morgan fingerprint density at radius 2 is 1.65 bits per heavy atom. The molecule has 5 aromatic rings. The highest BCUT2D eigenvalue weighted by Crippen LogP contribution is 2.33. The first-order valence-corrected chi connectivity index (χ1v) is 15.5. The van der Waals surface area contributed by atoms with Crippen LogP contribution in [0.5, 0.6) is 5.06 Å². The van der Waals surface area contributed by atoms with Crippen LogP contribution in [0.3, 0.4) is 0 Å². The number of para-hydroxylation sites is 1. The number of carbonyl (C=O) groups excluding carboxylic acids is 1. The molecule has 0 unspecified atom stereocenters. The standard InChI is InChI=1S/C36H34N2O4S/c1-3-38-32-11-8-7-10-29(32)30-23-27(17-19-33(30)38)26-15-13-25(14-16-26)22-31(37-2)34(39)24-28-18-20-36(43-28)42-21-9-5-4-6-12-35(40)41/h7-8,10-11,13-20,22-23H,3-6,9,12,21,24H2,1H3,(H,40,41)/b31-22-. The molecule has 5 rings (SSSR count). The predicted octanol–water partition coefficient (Wildman–Crippen LogP) is 9.03. The van der Waals surface area contributed by atoms with E-state index in [0.29, 0.717) is 13.0 Å². The zero-order valence-corrected chi connectivity index (χ0v) is 25.0. The quantitative estimate of drug-likeness (QED) is 0.0796. The number of aromatic nitrogens is 1. The second kappa shape index (κ2) is 14.0. The summed E-state index contributed by atoms with van der Waals surface area (Å²) in [5.74, 6) is -0.976.